The third kappa shape index (κ3) is 4.29. The molecule has 2 N–H and O–H groups in total. The minimum atomic E-state index is -0.631. The number of aryl methyl sites for hydroxylation is 1. The van der Waals surface area contributed by atoms with Gasteiger partial charge in [-0.15, -0.1) is 0 Å². The van der Waals surface area contributed by atoms with Crippen LogP contribution < -0.4 is 5.32 Å². The molecule has 1 fully saturated rings. The summed E-state index contributed by atoms with van der Waals surface area (Å²) in [6.45, 7) is 8.87. The first-order chi connectivity index (χ1) is 10.5. The third-order valence-corrected chi connectivity index (χ3v) is 5.30. The van der Waals surface area contributed by atoms with Crippen molar-refractivity contribution in [2.24, 2.45) is 5.92 Å². The Kier molecular flexibility index (Phi) is 5.98. The molecule has 2 unspecified atom stereocenters. The molecular weight excluding hydrogens is 278 g/mol. The topological polar surface area (TPSA) is 71.2 Å². The molecule has 5 nitrogen and oxygen atoms in total. The largest absolute Gasteiger partial charge is 0.389 e. The highest BCUT2D eigenvalue weighted by atomic mass is 16.5. The van der Waals surface area contributed by atoms with Gasteiger partial charge < -0.3 is 14.9 Å². The predicted octanol–water partition coefficient (Wildman–Crippen LogP) is 3.04. The molecule has 0 spiro atoms. The molecule has 1 heterocycles. The zero-order chi connectivity index (χ0) is 16.2. The number of nitrogens with zero attached hydrogens (tertiary/aromatic N) is 2. The van der Waals surface area contributed by atoms with E-state index < -0.39 is 5.60 Å². The van der Waals surface area contributed by atoms with Crippen molar-refractivity contribution in [3.63, 3.8) is 0 Å². The molecular formula is C17H31N3O2. The van der Waals surface area contributed by atoms with E-state index in [1.807, 2.05) is 13.8 Å². The molecule has 126 valence electrons. The molecule has 1 aliphatic carbocycles. The Morgan fingerprint density at radius 3 is 2.55 bits per heavy atom. The van der Waals surface area contributed by atoms with E-state index in [2.05, 4.69) is 29.3 Å². The van der Waals surface area contributed by atoms with Gasteiger partial charge in [-0.1, -0.05) is 32.3 Å². The van der Waals surface area contributed by atoms with Gasteiger partial charge in [0.1, 0.15) is 0 Å². The Bertz CT molecular complexity index is 451. The molecule has 1 aromatic rings. The standard InChI is InChI=1S/C17H31N3O2/c1-5-12(3)17(4,21)11-18-14-9-7-13(8-10-14)16-19-15(6-2)20-22-16/h12-14,18,21H,5-11H2,1-4H3. The van der Waals surface area contributed by atoms with Crippen molar-refractivity contribution >= 4 is 0 Å². The summed E-state index contributed by atoms with van der Waals surface area (Å²) < 4.78 is 5.37. The maximum atomic E-state index is 10.5. The molecule has 5 heteroatoms. The van der Waals surface area contributed by atoms with Crippen LogP contribution in [0.5, 0.6) is 0 Å². The van der Waals surface area contributed by atoms with E-state index in [-0.39, 0.29) is 0 Å². The van der Waals surface area contributed by atoms with Gasteiger partial charge in [0.05, 0.1) is 5.60 Å². The lowest BCUT2D eigenvalue weighted by molar-refractivity contribution is 0.00209. The van der Waals surface area contributed by atoms with Crippen LogP contribution in [0, 0.1) is 5.92 Å². The van der Waals surface area contributed by atoms with E-state index in [9.17, 15) is 5.11 Å². The van der Waals surface area contributed by atoms with Crippen LogP contribution in [0.25, 0.3) is 0 Å². The highest BCUT2D eigenvalue weighted by molar-refractivity contribution is 4.97. The Labute approximate surface area is 133 Å². The Balaban J connectivity index is 1.77. The smallest absolute Gasteiger partial charge is 0.229 e. The summed E-state index contributed by atoms with van der Waals surface area (Å²) in [5.41, 5.74) is -0.631. The minimum Gasteiger partial charge on any atom is -0.389 e. The molecule has 0 aromatic carbocycles. The molecule has 2 rings (SSSR count). The summed E-state index contributed by atoms with van der Waals surface area (Å²) >= 11 is 0. The van der Waals surface area contributed by atoms with Crippen LogP contribution in [0.1, 0.15) is 77.4 Å². The van der Waals surface area contributed by atoms with Crippen molar-refractivity contribution in [1.29, 1.82) is 0 Å². The van der Waals surface area contributed by atoms with Crippen molar-refractivity contribution in [2.45, 2.75) is 83.8 Å². The Hall–Kier alpha value is -0.940. The number of aliphatic hydroxyl groups is 1. The average molecular weight is 309 g/mol. The van der Waals surface area contributed by atoms with Gasteiger partial charge in [0, 0.05) is 24.9 Å². The fourth-order valence-electron chi connectivity index (χ4n) is 3.09. The summed E-state index contributed by atoms with van der Waals surface area (Å²) in [5, 5.41) is 18.0. The number of rotatable bonds is 7. The summed E-state index contributed by atoms with van der Waals surface area (Å²) in [5.74, 6) is 2.32. The molecule has 1 saturated carbocycles. The van der Waals surface area contributed by atoms with Gasteiger partial charge in [-0.3, -0.25) is 0 Å². The number of hydrogen-bond acceptors (Lipinski definition) is 5. The van der Waals surface area contributed by atoms with Crippen molar-refractivity contribution in [1.82, 2.24) is 15.5 Å². The molecule has 2 atom stereocenters. The third-order valence-electron chi connectivity index (χ3n) is 5.30. The van der Waals surface area contributed by atoms with Crippen molar-refractivity contribution in [2.75, 3.05) is 6.54 Å². The van der Waals surface area contributed by atoms with Gasteiger partial charge >= 0.3 is 0 Å². The molecule has 1 aliphatic rings. The zero-order valence-electron chi connectivity index (χ0n) is 14.4. The summed E-state index contributed by atoms with van der Waals surface area (Å²) in [6, 6.07) is 0.486. The zero-order valence-corrected chi connectivity index (χ0v) is 14.4. The first-order valence-electron chi connectivity index (χ1n) is 8.74. The monoisotopic (exact) mass is 309 g/mol. The van der Waals surface area contributed by atoms with Crippen LogP contribution in [-0.4, -0.2) is 33.4 Å². The van der Waals surface area contributed by atoms with Crippen LogP contribution in [0.3, 0.4) is 0 Å². The van der Waals surface area contributed by atoms with E-state index in [1.165, 1.54) is 0 Å². The number of nitrogens with one attached hydrogen (secondary N) is 1. The second-order valence-electron chi connectivity index (χ2n) is 7.00. The fourth-order valence-corrected chi connectivity index (χ4v) is 3.09. The lowest BCUT2D eigenvalue weighted by atomic mass is 9.84. The SMILES string of the molecule is CCc1noc(C2CCC(NCC(C)(O)C(C)CC)CC2)n1. The normalized spacial score (nSPS) is 26.6. The second-order valence-corrected chi connectivity index (χ2v) is 7.00. The maximum absolute atomic E-state index is 10.5. The first kappa shape index (κ1) is 17.4. The highest BCUT2D eigenvalue weighted by Crippen LogP contribution is 2.32. The number of hydrogen-bond donors (Lipinski definition) is 2. The molecule has 0 aliphatic heterocycles. The second kappa shape index (κ2) is 7.55. The molecule has 1 aromatic heterocycles. The molecule has 0 saturated heterocycles. The Morgan fingerprint density at radius 2 is 2.00 bits per heavy atom. The van der Waals surface area contributed by atoms with E-state index in [4.69, 9.17) is 4.52 Å². The summed E-state index contributed by atoms with van der Waals surface area (Å²) in [4.78, 5) is 4.46. The molecule has 0 amide bonds. The highest BCUT2D eigenvalue weighted by Gasteiger charge is 2.30. The van der Waals surface area contributed by atoms with Crippen LogP contribution >= 0.6 is 0 Å². The Morgan fingerprint density at radius 1 is 1.32 bits per heavy atom. The van der Waals surface area contributed by atoms with E-state index in [0.29, 0.717) is 24.4 Å². The maximum Gasteiger partial charge on any atom is 0.229 e. The first-order valence-corrected chi connectivity index (χ1v) is 8.74. The van der Waals surface area contributed by atoms with Gasteiger partial charge in [0.25, 0.3) is 0 Å². The predicted molar refractivity (Wildman–Crippen MR) is 86.8 cm³/mol. The van der Waals surface area contributed by atoms with Gasteiger partial charge in [-0.25, -0.2) is 0 Å². The summed E-state index contributed by atoms with van der Waals surface area (Å²) in [6.07, 6.45) is 6.18. The summed E-state index contributed by atoms with van der Waals surface area (Å²) in [7, 11) is 0. The van der Waals surface area contributed by atoms with Crippen LogP contribution in [0.15, 0.2) is 4.52 Å². The van der Waals surface area contributed by atoms with E-state index in [1.54, 1.807) is 0 Å². The van der Waals surface area contributed by atoms with Gasteiger partial charge in [-0.05, 0) is 38.5 Å². The average Bonchev–Trinajstić information content (AvgIpc) is 3.01. The van der Waals surface area contributed by atoms with Crippen LogP contribution in [-0.2, 0) is 6.42 Å². The fraction of sp³-hybridized carbons (Fsp3) is 0.882. The van der Waals surface area contributed by atoms with Crippen molar-refractivity contribution < 1.29 is 9.63 Å². The van der Waals surface area contributed by atoms with Crippen LogP contribution in [0.4, 0.5) is 0 Å². The molecule has 22 heavy (non-hydrogen) atoms. The van der Waals surface area contributed by atoms with E-state index in [0.717, 1.165) is 50.2 Å². The van der Waals surface area contributed by atoms with Gasteiger partial charge in [0.2, 0.25) is 5.89 Å². The minimum absolute atomic E-state index is 0.308. The molecule has 0 bridgehead atoms. The lowest BCUT2D eigenvalue weighted by Gasteiger charge is -2.34. The lowest BCUT2D eigenvalue weighted by Crippen LogP contribution is -2.47. The van der Waals surface area contributed by atoms with Gasteiger partial charge in [0.15, 0.2) is 5.82 Å². The van der Waals surface area contributed by atoms with E-state index >= 15 is 0 Å². The van der Waals surface area contributed by atoms with Crippen molar-refractivity contribution in [3.8, 4) is 0 Å². The quantitative estimate of drug-likeness (QED) is 0.810. The van der Waals surface area contributed by atoms with Crippen molar-refractivity contribution in [3.05, 3.63) is 11.7 Å². The number of aromatic nitrogens is 2. The molecule has 0 radical (unpaired) electrons. The van der Waals surface area contributed by atoms with Crippen LogP contribution in [0.2, 0.25) is 0 Å². The van der Waals surface area contributed by atoms with Gasteiger partial charge in [-0.2, -0.15) is 4.98 Å².